The molecule has 0 saturated carbocycles. The van der Waals surface area contributed by atoms with Crippen molar-refractivity contribution in [2.75, 3.05) is 25.6 Å². The molecule has 0 saturated heterocycles. The van der Waals surface area contributed by atoms with Crippen LogP contribution in [0.1, 0.15) is 26.7 Å². The predicted molar refractivity (Wildman–Crippen MR) is 58.6 cm³/mol. The smallest absolute Gasteiger partial charge is 0.314 e. The highest BCUT2D eigenvalue weighted by molar-refractivity contribution is 6.18. The van der Waals surface area contributed by atoms with E-state index in [1.807, 2.05) is 13.8 Å². The summed E-state index contributed by atoms with van der Waals surface area (Å²) < 4.78 is 38.6. The summed E-state index contributed by atoms with van der Waals surface area (Å²) in [6.07, 6.45) is -2.74. The fourth-order valence-electron chi connectivity index (χ4n) is 1.33. The normalized spacial score (nSPS) is 13.1. The van der Waals surface area contributed by atoms with E-state index in [0.717, 1.165) is 12.8 Å². The first-order chi connectivity index (χ1) is 7.39. The number of halogens is 4. The second kappa shape index (κ2) is 7.35. The molecule has 0 unspecified atom stereocenters. The molecule has 0 aromatic carbocycles. The molecule has 2 nitrogen and oxygen atoms in total. The van der Waals surface area contributed by atoms with Crippen LogP contribution in [0.25, 0.3) is 0 Å². The van der Waals surface area contributed by atoms with E-state index in [2.05, 4.69) is 10.1 Å². The Morgan fingerprint density at radius 3 is 2.12 bits per heavy atom. The molecular formula is C10H19ClF3NO. The third-order valence-corrected chi connectivity index (χ3v) is 3.39. The maximum Gasteiger partial charge on any atom is 0.522 e. The van der Waals surface area contributed by atoms with Crippen molar-refractivity contribution >= 4 is 11.6 Å². The molecule has 0 aliphatic heterocycles. The molecule has 0 spiro atoms. The third-order valence-electron chi connectivity index (χ3n) is 2.83. The van der Waals surface area contributed by atoms with Crippen molar-refractivity contribution in [3.05, 3.63) is 0 Å². The zero-order valence-corrected chi connectivity index (χ0v) is 10.4. The van der Waals surface area contributed by atoms with E-state index >= 15 is 0 Å². The van der Waals surface area contributed by atoms with Gasteiger partial charge in [0.2, 0.25) is 0 Å². The number of ether oxygens (including phenoxy) is 1. The third kappa shape index (κ3) is 6.55. The fraction of sp³-hybridized carbons (Fsp3) is 1.00. The Labute approximate surface area is 99.5 Å². The van der Waals surface area contributed by atoms with Crippen LogP contribution in [0.3, 0.4) is 0 Å². The number of nitrogens with one attached hydrogen (secondary N) is 1. The first-order valence-electron chi connectivity index (χ1n) is 5.36. The van der Waals surface area contributed by atoms with Crippen molar-refractivity contribution < 1.29 is 17.9 Å². The summed E-state index contributed by atoms with van der Waals surface area (Å²) >= 11 is 5.86. The fourth-order valence-corrected chi connectivity index (χ4v) is 1.80. The highest BCUT2D eigenvalue weighted by Crippen LogP contribution is 2.26. The highest BCUT2D eigenvalue weighted by Gasteiger charge is 2.29. The first kappa shape index (κ1) is 16.0. The van der Waals surface area contributed by atoms with Crippen molar-refractivity contribution in [3.8, 4) is 0 Å². The van der Waals surface area contributed by atoms with Crippen LogP contribution in [-0.2, 0) is 4.74 Å². The summed E-state index contributed by atoms with van der Waals surface area (Å²) in [7, 11) is 0. The van der Waals surface area contributed by atoms with Crippen molar-refractivity contribution in [1.29, 1.82) is 0 Å². The first-order valence-corrected chi connectivity index (χ1v) is 5.90. The number of hydrogen-bond acceptors (Lipinski definition) is 2. The van der Waals surface area contributed by atoms with Gasteiger partial charge in [-0.05, 0) is 18.3 Å². The molecule has 0 bridgehead atoms. The van der Waals surface area contributed by atoms with Gasteiger partial charge in [-0.1, -0.05) is 13.8 Å². The average molecular weight is 262 g/mol. The summed E-state index contributed by atoms with van der Waals surface area (Å²) in [6.45, 7) is 4.48. The van der Waals surface area contributed by atoms with Crippen LogP contribution >= 0.6 is 11.6 Å². The second-order valence-electron chi connectivity index (χ2n) is 3.81. The average Bonchev–Trinajstić information content (AvgIpc) is 2.23. The Morgan fingerprint density at radius 1 is 1.19 bits per heavy atom. The van der Waals surface area contributed by atoms with Crippen LogP contribution in [0, 0.1) is 5.41 Å². The molecule has 0 atom stereocenters. The molecule has 0 aromatic heterocycles. The van der Waals surface area contributed by atoms with Gasteiger partial charge in [0.25, 0.3) is 0 Å². The molecule has 0 aromatic rings. The molecule has 98 valence electrons. The minimum atomic E-state index is -4.54. The summed E-state index contributed by atoms with van der Waals surface area (Å²) in [5, 5.41) is 2.94. The summed E-state index contributed by atoms with van der Waals surface area (Å²) in [5.74, 6) is 0.507. The van der Waals surface area contributed by atoms with Gasteiger partial charge in [0.05, 0.1) is 6.61 Å². The zero-order chi connectivity index (χ0) is 12.7. The SMILES string of the molecule is CCC(CC)(CCl)CNCCOC(F)(F)F. The van der Waals surface area contributed by atoms with Gasteiger partial charge in [0.1, 0.15) is 0 Å². The molecule has 1 N–H and O–H groups in total. The molecule has 0 amide bonds. The van der Waals surface area contributed by atoms with E-state index in [1.54, 1.807) is 0 Å². The Balaban J connectivity index is 3.71. The quantitative estimate of drug-likeness (QED) is 0.535. The van der Waals surface area contributed by atoms with Gasteiger partial charge < -0.3 is 5.32 Å². The largest absolute Gasteiger partial charge is 0.522 e. The summed E-state index contributed by atoms with van der Waals surface area (Å²) in [4.78, 5) is 0. The lowest BCUT2D eigenvalue weighted by atomic mass is 9.84. The van der Waals surface area contributed by atoms with Crippen LogP contribution in [0.4, 0.5) is 13.2 Å². The van der Waals surface area contributed by atoms with Crippen molar-refractivity contribution in [1.82, 2.24) is 5.32 Å². The summed E-state index contributed by atoms with van der Waals surface area (Å²) in [6, 6.07) is 0. The number of alkyl halides is 4. The number of rotatable bonds is 8. The Morgan fingerprint density at radius 2 is 1.75 bits per heavy atom. The van der Waals surface area contributed by atoms with Crippen LogP contribution in [-0.4, -0.2) is 31.9 Å². The lowest BCUT2D eigenvalue weighted by molar-refractivity contribution is -0.323. The van der Waals surface area contributed by atoms with Gasteiger partial charge >= 0.3 is 6.36 Å². The van der Waals surface area contributed by atoms with Crippen LogP contribution in [0.2, 0.25) is 0 Å². The van der Waals surface area contributed by atoms with Crippen molar-refractivity contribution in [2.45, 2.75) is 33.1 Å². The summed E-state index contributed by atoms with van der Waals surface area (Å²) in [5.41, 5.74) is -0.0280. The molecule has 6 heteroatoms. The molecular weight excluding hydrogens is 243 g/mol. The maximum absolute atomic E-state index is 11.6. The van der Waals surface area contributed by atoms with Crippen molar-refractivity contribution in [3.63, 3.8) is 0 Å². The molecule has 16 heavy (non-hydrogen) atoms. The molecule has 0 fully saturated rings. The maximum atomic E-state index is 11.6. The van der Waals surface area contributed by atoms with Gasteiger partial charge in [-0.15, -0.1) is 24.8 Å². The van der Waals surface area contributed by atoms with Gasteiger partial charge in [0.15, 0.2) is 0 Å². The molecule has 0 heterocycles. The van der Waals surface area contributed by atoms with Crippen LogP contribution in [0.5, 0.6) is 0 Å². The van der Waals surface area contributed by atoms with E-state index in [1.165, 1.54) is 0 Å². The van der Waals surface area contributed by atoms with E-state index in [4.69, 9.17) is 11.6 Å². The minimum absolute atomic E-state index is 0.0280. The van der Waals surface area contributed by atoms with Gasteiger partial charge in [-0.2, -0.15) is 0 Å². The van der Waals surface area contributed by atoms with Crippen LogP contribution < -0.4 is 5.32 Å². The Bertz CT molecular complexity index is 175. The van der Waals surface area contributed by atoms with Gasteiger partial charge in [-0.3, -0.25) is 4.74 Å². The van der Waals surface area contributed by atoms with Crippen molar-refractivity contribution in [2.24, 2.45) is 5.41 Å². The topological polar surface area (TPSA) is 21.3 Å². The highest BCUT2D eigenvalue weighted by atomic mass is 35.5. The van der Waals surface area contributed by atoms with E-state index < -0.39 is 6.36 Å². The lowest BCUT2D eigenvalue weighted by Crippen LogP contribution is -2.37. The zero-order valence-electron chi connectivity index (χ0n) is 9.66. The molecule has 0 aliphatic carbocycles. The van der Waals surface area contributed by atoms with E-state index in [0.29, 0.717) is 12.4 Å². The van der Waals surface area contributed by atoms with E-state index in [-0.39, 0.29) is 18.6 Å². The predicted octanol–water partition coefficient (Wildman–Crippen LogP) is 3.16. The van der Waals surface area contributed by atoms with E-state index in [9.17, 15) is 13.2 Å². The molecule has 0 radical (unpaired) electrons. The monoisotopic (exact) mass is 261 g/mol. The van der Waals surface area contributed by atoms with Gasteiger partial charge in [-0.25, -0.2) is 0 Å². The van der Waals surface area contributed by atoms with Gasteiger partial charge in [0, 0.05) is 19.0 Å². The molecule has 0 aliphatic rings. The number of hydrogen-bond donors (Lipinski definition) is 1. The molecule has 0 rings (SSSR count). The lowest BCUT2D eigenvalue weighted by Gasteiger charge is -2.29. The second-order valence-corrected chi connectivity index (χ2v) is 4.08. The Hall–Kier alpha value is -0.0000000000000000555. The standard InChI is InChI=1S/C10H19ClF3NO/c1-3-9(4-2,7-11)8-15-5-6-16-10(12,13)14/h15H,3-8H2,1-2H3. The minimum Gasteiger partial charge on any atom is -0.314 e. The Kier molecular flexibility index (Phi) is 7.35. The van der Waals surface area contributed by atoms with Crippen LogP contribution in [0.15, 0.2) is 0 Å².